The molecule has 164 valence electrons. The highest BCUT2D eigenvalue weighted by atomic mass is 19.3. The van der Waals surface area contributed by atoms with Crippen molar-refractivity contribution in [3.8, 4) is 5.75 Å². The second-order valence-corrected chi connectivity index (χ2v) is 6.71. The Labute approximate surface area is 174 Å². The first-order valence-electron chi connectivity index (χ1n) is 9.20. The van der Waals surface area contributed by atoms with Gasteiger partial charge in [-0.3, -0.25) is 14.6 Å². The van der Waals surface area contributed by atoms with Gasteiger partial charge in [-0.1, -0.05) is 6.92 Å². The molecule has 0 spiro atoms. The lowest BCUT2D eigenvalue weighted by Crippen LogP contribution is -2.36. The summed E-state index contributed by atoms with van der Waals surface area (Å²) in [6.45, 7) is -0.197. The van der Waals surface area contributed by atoms with E-state index < -0.39 is 36.7 Å². The number of carbonyl (C=O) groups is 2. The van der Waals surface area contributed by atoms with Crippen molar-refractivity contribution in [3.63, 3.8) is 0 Å². The molecule has 0 aliphatic carbocycles. The van der Waals surface area contributed by atoms with Gasteiger partial charge in [-0.25, -0.2) is 8.78 Å². The zero-order chi connectivity index (χ0) is 22.8. The minimum atomic E-state index is -3.11. The molecule has 1 unspecified atom stereocenters. The summed E-state index contributed by atoms with van der Waals surface area (Å²) in [7, 11) is 0. The predicted molar refractivity (Wildman–Crippen MR) is 104 cm³/mol. The normalized spacial score (nSPS) is 16.5. The van der Waals surface area contributed by atoms with Crippen molar-refractivity contribution in [3.05, 3.63) is 48.3 Å². The highest BCUT2D eigenvalue weighted by Crippen LogP contribution is 2.32. The molecular formula is C20H18F4N4O3. The standard InChI is InChI=1S/C20H18F4N4O3/c1-3-20(23,24)12-8-13(10-25-9-12)26-17(29)16-11(2)27-28(18(16)30)14-4-6-15(7-5-14)31-19(21)22/h4-10,16,19H,3H2,1-2H3,(H,26,29). The molecule has 11 heteroatoms. The zero-order valence-electron chi connectivity index (χ0n) is 16.5. The number of hydrazone groups is 1. The maximum Gasteiger partial charge on any atom is 0.387 e. The van der Waals surface area contributed by atoms with Crippen molar-refractivity contribution < 1.29 is 31.9 Å². The van der Waals surface area contributed by atoms with E-state index in [1.807, 2.05) is 0 Å². The average molecular weight is 438 g/mol. The summed E-state index contributed by atoms with van der Waals surface area (Å²) < 4.78 is 56.5. The highest BCUT2D eigenvalue weighted by molar-refractivity contribution is 6.28. The number of ether oxygens (including phenoxy) is 1. The molecule has 0 radical (unpaired) electrons. The Bertz CT molecular complexity index is 1010. The van der Waals surface area contributed by atoms with Crippen LogP contribution in [0.15, 0.2) is 47.8 Å². The van der Waals surface area contributed by atoms with E-state index in [4.69, 9.17) is 0 Å². The van der Waals surface area contributed by atoms with E-state index in [0.717, 1.165) is 17.3 Å². The van der Waals surface area contributed by atoms with Crippen LogP contribution in [0, 0.1) is 5.92 Å². The van der Waals surface area contributed by atoms with Gasteiger partial charge in [-0.15, -0.1) is 0 Å². The van der Waals surface area contributed by atoms with E-state index in [0.29, 0.717) is 0 Å². The Balaban J connectivity index is 1.74. The predicted octanol–water partition coefficient (Wildman–Crippen LogP) is 4.16. The van der Waals surface area contributed by atoms with Gasteiger partial charge >= 0.3 is 6.61 Å². The van der Waals surface area contributed by atoms with E-state index in [1.54, 1.807) is 0 Å². The molecule has 0 fully saturated rings. The summed E-state index contributed by atoms with van der Waals surface area (Å²) in [5, 5.41) is 7.44. The van der Waals surface area contributed by atoms with Gasteiger partial charge in [0.2, 0.25) is 5.91 Å². The number of carbonyl (C=O) groups excluding carboxylic acids is 2. The Morgan fingerprint density at radius 2 is 1.94 bits per heavy atom. The van der Waals surface area contributed by atoms with Gasteiger partial charge in [-0.2, -0.15) is 18.9 Å². The van der Waals surface area contributed by atoms with Crippen LogP contribution < -0.4 is 15.1 Å². The quantitative estimate of drug-likeness (QED) is 0.520. The molecule has 0 saturated heterocycles. The van der Waals surface area contributed by atoms with Crippen molar-refractivity contribution >= 4 is 28.9 Å². The van der Waals surface area contributed by atoms with Crippen LogP contribution in [0.5, 0.6) is 5.75 Å². The molecule has 1 atom stereocenters. The highest BCUT2D eigenvalue weighted by Gasteiger charge is 2.40. The zero-order valence-corrected chi connectivity index (χ0v) is 16.5. The van der Waals surface area contributed by atoms with Crippen LogP contribution in [-0.2, 0) is 15.5 Å². The Morgan fingerprint density at radius 1 is 1.26 bits per heavy atom. The molecule has 7 nitrogen and oxygen atoms in total. The van der Waals surface area contributed by atoms with Crippen molar-refractivity contribution in [1.29, 1.82) is 0 Å². The third-order valence-corrected chi connectivity index (χ3v) is 4.57. The summed E-state index contributed by atoms with van der Waals surface area (Å²) >= 11 is 0. The van der Waals surface area contributed by atoms with Crippen LogP contribution in [0.25, 0.3) is 0 Å². The number of hydrogen-bond acceptors (Lipinski definition) is 5. The third-order valence-electron chi connectivity index (χ3n) is 4.57. The van der Waals surface area contributed by atoms with Crippen LogP contribution in [0.4, 0.5) is 28.9 Å². The van der Waals surface area contributed by atoms with Gasteiger partial charge in [0.25, 0.3) is 11.8 Å². The molecule has 2 amide bonds. The molecule has 2 aromatic rings. The first-order chi connectivity index (χ1) is 14.6. The average Bonchev–Trinajstić information content (AvgIpc) is 3.02. The van der Waals surface area contributed by atoms with E-state index in [1.165, 1.54) is 44.3 Å². The number of aromatic nitrogens is 1. The molecular weight excluding hydrogens is 420 g/mol. The van der Waals surface area contributed by atoms with Gasteiger partial charge in [-0.05, 0) is 37.3 Å². The van der Waals surface area contributed by atoms with Gasteiger partial charge in [0.1, 0.15) is 5.75 Å². The van der Waals surface area contributed by atoms with Gasteiger partial charge < -0.3 is 10.1 Å². The number of hydrogen-bond donors (Lipinski definition) is 1. The second-order valence-electron chi connectivity index (χ2n) is 6.71. The number of rotatable bonds is 7. The van der Waals surface area contributed by atoms with Crippen LogP contribution in [0.3, 0.4) is 0 Å². The number of anilines is 2. The number of pyridine rings is 1. The summed E-state index contributed by atoms with van der Waals surface area (Å²) in [4.78, 5) is 29.1. The fourth-order valence-corrected chi connectivity index (χ4v) is 2.95. The van der Waals surface area contributed by atoms with Crippen molar-refractivity contribution in [2.75, 3.05) is 10.3 Å². The summed E-state index contributed by atoms with van der Waals surface area (Å²) in [5.74, 6) is -5.93. The molecule has 1 aromatic heterocycles. The fraction of sp³-hybridized carbons (Fsp3) is 0.300. The van der Waals surface area contributed by atoms with Crippen LogP contribution in [-0.4, -0.2) is 29.1 Å². The molecule has 31 heavy (non-hydrogen) atoms. The lowest BCUT2D eigenvalue weighted by atomic mass is 10.0. The third kappa shape index (κ3) is 4.81. The largest absolute Gasteiger partial charge is 0.435 e. The minimum absolute atomic E-state index is 0.0168. The number of alkyl halides is 4. The van der Waals surface area contributed by atoms with Crippen molar-refractivity contribution in [1.82, 2.24) is 4.98 Å². The fourth-order valence-electron chi connectivity index (χ4n) is 2.95. The molecule has 1 N–H and O–H groups in total. The Morgan fingerprint density at radius 3 is 2.55 bits per heavy atom. The number of nitrogens with zero attached hydrogens (tertiary/aromatic N) is 3. The van der Waals surface area contributed by atoms with E-state index in [2.05, 4.69) is 20.1 Å². The number of nitrogens with one attached hydrogen (secondary N) is 1. The first kappa shape index (κ1) is 22.2. The lowest BCUT2D eigenvalue weighted by molar-refractivity contribution is -0.127. The maximum atomic E-state index is 13.9. The van der Waals surface area contributed by atoms with E-state index in [-0.39, 0.29) is 28.4 Å². The maximum absolute atomic E-state index is 13.9. The summed E-state index contributed by atoms with van der Waals surface area (Å²) in [6, 6.07) is 6.25. The lowest BCUT2D eigenvalue weighted by Gasteiger charge is -2.16. The van der Waals surface area contributed by atoms with Crippen LogP contribution >= 0.6 is 0 Å². The first-order valence-corrected chi connectivity index (χ1v) is 9.20. The molecule has 3 rings (SSSR count). The SMILES string of the molecule is CCC(F)(F)c1cncc(NC(=O)C2C(=O)N(c3ccc(OC(F)F)cc3)N=C2C)c1. The van der Waals surface area contributed by atoms with Crippen LogP contribution in [0.2, 0.25) is 0 Å². The number of amides is 2. The molecule has 0 bridgehead atoms. The number of halogens is 4. The minimum Gasteiger partial charge on any atom is -0.435 e. The van der Waals surface area contributed by atoms with Crippen molar-refractivity contribution in [2.24, 2.45) is 11.0 Å². The molecule has 0 saturated carbocycles. The molecule has 1 aliphatic heterocycles. The second kappa shape index (κ2) is 8.70. The molecule has 2 heterocycles. The summed E-state index contributed by atoms with van der Waals surface area (Å²) in [5.41, 5.74) is 0.0813. The monoisotopic (exact) mass is 438 g/mol. The molecule has 1 aromatic carbocycles. The molecule has 1 aliphatic rings. The van der Waals surface area contributed by atoms with E-state index in [9.17, 15) is 27.2 Å². The van der Waals surface area contributed by atoms with Crippen molar-refractivity contribution in [2.45, 2.75) is 32.8 Å². The topological polar surface area (TPSA) is 83.9 Å². The van der Waals surface area contributed by atoms with Gasteiger partial charge in [0.15, 0.2) is 5.92 Å². The van der Waals surface area contributed by atoms with Gasteiger partial charge in [0.05, 0.1) is 23.3 Å². The van der Waals surface area contributed by atoms with Crippen LogP contribution in [0.1, 0.15) is 25.8 Å². The van der Waals surface area contributed by atoms with E-state index >= 15 is 0 Å². The Hall–Kier alpha value is -3.50. The smallest absolute Gasteiger partial charge is 0.387 e. The number of benzene rings is 1. The summed E-state index contributed by atoms with van der Waals surface area (Å²) in [6.07, 6.45) is 1.77. The Kier molecular flexibility index (Phi) is 6.23. The van der Waals surface area contributed by atoms with Gasteiger partial charge in [0, 0.05) is 18.2 Å².